The molecule has 4 aliphatic heterocycles. The smallest absolute Gasteiger partial charge is 0.335 e. The molecule has 25 nitrogen and oxygen atoms in total. The molecule has 4 saturated carbocycles. The number of aliphatic hydroxyl groups excluding tert-OH is 13. The highest BCUT2D eigenvalue weighted by Crippen LogP contribution is 2.76. The van der Waals surface area contributed by atoms with E-state index in [1.807, 2.05) is 13.8 Å². The molecule has 14 N–H and O–H groups in total. The van der Waals surface area contributed by atoms with Crippen LogP contribution in [0, 0.1) is 50.2 Å². The van der Waals surface area contributed by atoms with Crippen molar-refractivity contribution in [3.05, 3.63) is 23.3 Å². The minimum Gasteiger partial charge on any atom is -0.479 e. The normalized spacial score (nSPS) is 51.5. The number of aliphatic hydroxyl groups is 13. The number of aliphatic carboxylic acids is 1. The second-order valence-corrected chi connectivity index (χ2v) is 27.5. The maximum absolute atomic E-state index is 13.4. The zero-order valence-electron chi connectivity index (χ0n) is 48.8. The molecule has 1 unspecified atom stereocenters. The molecule has 9 rings (SSSR count). The second kappa shape index (κ2) is 23.8. The Morgan fingerprint density at radius 1 is 0.639 bits per heavy atom. The van der Waals surface area contributed by atoms with Crippen molar-refractivity contribution >= 4 is 11.9 Å². The van der Waals surface area contributed by atoms with Gasteiger partial charge in [-0.3, -0.25) is 0 Å². The Labute approximate surface area is 483 Å². The van der Waals surface area contributed by atoms with E-state index < -0.39 is 183 Å². The van der Waals surface area contributed by atoms with Crippen LogP contribution in [0.4, 0.5) is 0 Å². The largest absolute Gasteiger partial charge is 0.479 e. The molecule has 5 aliphatic carbocycles. The Morgan fingerprint density at radius 2 is 1.23 bits per heavy atom. The number of ether oxygens (including phenoxy) is 9. The van der Waals surface area contributed by atoms with Crippen LogP contribution < -0.4 is 0 Å². The van der Waals surface area contributed by atoms with Crippen LogP contribution in [-0.4, -0.2) is 245 Å². The van der Waals surface area contributed by atoms with Crippen LogP contribution in [0.3, 0.4) is 0 Å². The Morgan fingerprint density at radius 3 is 1.80 bits per heavy atom. The van der Waals surface area contributed by atoms with Crippen molar-refractivity contribution in [1.29, 1.82) is 0 Å². The fourth-order valence-electron chi connectivity index (χ4n) is 17.1. The third-order valence-electron chi connectivity index (χ3n) is 22.1. The summed E-state index contributed by atoms with van der Waals surface area (Å²) in [6, 6.07) is 0. The van der Waals surface area contributed by atoms with Crippen molar-refractivity contribution in [3.8, 4) is 0 Å². The molecule has 4 heterocycles. The van der Waals surface area contributed by atoms with Crippen molar-refractivity contribution < 1.29 is 124 Å². The van der Waals surface area contributed by atoms with Gasteiger partial charge in [-0.15, -0.1) is 0 Å². The number of carboxylic acids is 1. The molecule has 4 saturated heterocycles. The molecule has 474 valence electrons. The third kappa shape index (κ3) is 10.8. The molecule has 29 atom stereocenters. The van der Waals surface area contributed by atoms with Crippen molar-refractivity contribution in [2.45, 2.75) is 249 Å². The van der Waals surface area contributed by atoms with E-state index in [0.29, 0.717) is 50.5 Å². The van der Waals surface area contributed by atoms with Crippen LogP contribution in [0.2, 0.25) is 0 Å². The number of carbonyl (C=O) groups excluding carboxylic acids is 1. The molecule has 25 heteroatoms. The van der Waals surface area contributed by atoms with Gasteiger partial charge in [0, 0.05) is 5.57 Å². The van der Waals surface area contributed by atoms with Crippen LogP contribution in [0.25, 0.3) is 0 Å². The number of hydrogen-bond acceptors (Lipinski definition) is 24. The van der Waals surface area contributed by atoms with Crippen LogP contribution in [-0.2, 0) is 52.2 Å². The van der Waals surface area contributed by atoms with Gasteiger partial charge in [-0.25, -0.2) is 9.59 Å². The Hall–Kier alpha value is -2.42. The summed E-state index contributed by atoms with van der Waals surface area (Å²) < 4.78 is 55.0. The lowest BCUT2D eigenvalue weighted by Crippen LogP contribution is -2.70. The van der Waals surface area contributed by atoms with E-state index in [1.165, 1.54) is 5.57 Å². The monoisotopic (exact) mass is 1190 g/mol. The van der Waals surface area contributed by atoms with Gasteiger partial charge in [0.15, 0.2) is 31.3 Å². The van der Waals surface area contributed by atoms with Gasteiger partial charge in [0.05, 0.1) is 44.1 Å². The molecule has 0 aromatic carbocycles. The van der Waals surface area contributed by atoms with Gasteiger partial charge in [0.25, 0.3) is 0 Å². The van der Waals surface area contributed by atoms with Crippen molar-refractivity contribution in [3.63, 3.8) is 0 Å². The van der Waals surface area contributed by atoms with Gasteiger partial charge < -0.3 is 114 Å². The number of carboxylic acid groups (broad SMARTS) is 1. The van der Waals surface area contributed by atoms with Crippen molar-refractivity contribution in [2.75, 3.05) is 26.4 Å². The summed E-state index contributed by atoms with van der Waals surface area (Å²) >= 11 is 0. The minimum absolute atomic E-state index is 0.0548. The number of rotatable bonds is 14. The SMILES string of the molecule is C/C=C(\C)C(=O)O[C@H]1CC(C)(C)C[C@H]2C3=CC[C@@H]4[C@@]5(C)CC[C@H](O[C@@H]6O[C@H](C(=O)O)[C@@H](O)[C@H](O[C@@H]7OC[C@H](O)[C@H](O)[C@H]7O[C@@H]7O[C@H](CO)[C@@H](O)[C@H](O)[C@H]7O)[C@H]6O[C@@H]6O[C@H](CO)[C@H](O)[C@H](O)[C@H]6O)C(C)(C)C5CC[C@@]4(C)[C@]3(C)C[C@@H](O)[C@@]12CO. The van der Waals surface area contributed by atoms with Gasteiger partial charge in [0.1, 0.15) is 91.6 Å². The lowest BCUT2D eigenvalue weighted by Gasteiger charge is -2.72. The molecule has 0 radical (unpaired) electrons. The molecule has 83 heavy (non-hydrogen) atoms. The number of hydrogen-bond donors (Lipinski definition) is 14. The average Bonchev–Trinajstić information content (AvgIpc) is 0.747. The first-order chi connectivity index (χ1) is 38.8. The summed E-state index contributed by atoms with van der Waals surface area (Å²) in [7, 11) is 0. The number of esters is 1. The highest BCUT2D eigenvalue weighted by atomic mass is 16.8. The minimum atomic E-state index is -2.23. The van der Waals surface area contributed by atoms with E-state index >= 15 is 0 Å². The van der Waals surface area contributed by atoms with E-state index in [9.17, 15) is 81.1 Å². The van der Waals surface area contributed by atoms with Crippen LogP contribution in [0.5, 0.6) is 0 Å². The Balaban J connectivity index is 1.03. The van der Waals surface area contributed by atoms with E-state index in [1.54, 1.807) is 19.9 Å². The predicted molar refractivity (Wildman–Crippen MR) is 283 cm³/mol. The van der Waals surface area contributed by atoms with Gasteiger partial charge in [-0.1, -0.05) is 66.2 Å². The van der Waals surface area contributed by atoms with Crippen LogP contribution in [0.15, 0.2) is 23.3 Å². The second-order valence-electron chi connectivity index (χ2n) is 27.5. The first-order valence-corrected chi connectivity index (χ1v) is 29.4. The summed E-state index contributed by atoms with van der Waals surface area (Å²) in [6.07, 6.45) is -30.1. The average molecular weight is 1190 g/mol. The number of carbonyl (C=O) groups is 2. The topological polar surface area (TPSA) is 400 Å². The maximum Gasteiger partial charge on any atom is 0.335 e. The van der Waals surface area contributed by atoms with Crippen LogP contribution >= 0.6 is 0 Å². The zero-order chi connectivity index (χ0) is 61.0. The van der Waals surface area contributed by atoms with E-state index in [-0.39, 0.29) is 40.6 Å². The lowest BCUT2D eigenvalue weighted by atomic mass is 9.33. The summed E-state index contributed by atoms with van der Waals surface area (Å²) in [5.41, 5.74) is -1.89. The summed E-state index contributed by atoms with van der Waals surface area (Å²) in [6.45, 7) is 15.9. The quantitative estimate of drug-likeness (QED) is 0.0413. The van der Waals surface area contributed by atoms with E-state index in [2.05, 4.69) is 40.7 Å². The number of fused-ring (bicyclic) bond motifs is 7. The highest BCUT2D eigenvalue weighted by molar-refractivity contribution is 5.87. The molecular weight excluding hydrogens is 1100 g/mol. The maximum atomic E-state index is 13.4. The standard InChI is InChI=1S/C58H92O25/c1-10-24(2)48(74)78-34-19-53(3,4)17-26-25-11-12-31-55(7)15-14-33(54(5,6)30(55)13-16-56(31,8)57(25,9)18-32(63)58(26,34)23-61)79-52-46(83-50-41(70)39(68)37(66)29(21-60)77-50)43(42(71)44(81-52)47(72)73)80-51-45(35(64)27(62)22-75-51)82-49-40(69)38(67)36(65)28(20-59)76-49/h10-11,26-46,49-52,59-71H,12-23H2,1-9H3,(H,72,73)/b24-10+/t26-,27-,28+,29+,30?,31+,32+,33-,34-,35-,36+,37-,38-,39-,40+,41+,42-,43-,44-,45+,46+,49-,50-,51-,52+,55-,56+,57+,58-/m0/s1. The summed E-state index contributed by atoms with van der Waals surface area (Å²) in [5, 5.41) is 154. The summed E-state index contributed by atoms with van der Waals surface area (Å²) in [5.74, 6) is -2.49. The zero-order valence-corrected chi connectivity index (χ0v) is 48.8. The first-order valence-electron chi connectivity index (χ1n) is 29.4. The van der Waals surface area contributed by atoms with Gasteiger partial charge >= 0.3 is 11.9 Å². The Bertz CT molecular complexity index is 2380. The molecular formula is C58H92O25. The third-order valence-corrected chi connectivity index (χ3v) is 22.1. The first kappa shape index (κ1) is 65.0. The number of allylic oxidation sites excluding steroid dienone is 3. The lowest BCUT2D eigenvalue weighted by molar-refractivity contribution is -0.401. The molecule has 0 aromatic heterocycles. The van der Waals surface area contributed by atoms with Crippen LogP contribution in [0.1, 0.15) is 114 Å². The fraction of sp³-hybridized carbons (Fsp3) is 0.897. The molecule has 9 aliphatic rings. The van der Waals surface area contributed by atoms with Gasteiger partial charge in [-0.05, 0) is 110 Å². The molecule has 8 fully saturated rings. The summed E-state index contributed by atoms with van der Waals surface area (Å²) in [4.78, 5) is 26.6. The van der Waals surface area contributed by atoms with E-state index in [0.717, 1.165) is 6.42 Å². The van der Waals surface area contributed by atoms with Gasteiger partial charge in [-0.2, -0.15) is 0 Å². The van der Waals surface area contributed by atoms with Crippen molar-refractivity contribution in [2.24, 2.45) is 50.2 Å². The molecule has 0 amide bonds. The van der Waals surface area contributed by atoms with Crippen molar-refractivity contribution in [1.82, 2.24) is 0 Å². The fourth-order valence-corrected chi connectivity index (χ4v) is 17.1. The van der Waals surface area contributed by atoms with E-state index in [4.69, 9.17) is 42.6 Å². The predicted octanol–water partition coefficient (Wildman–Crippen LogP) is -1.37. The highest BCUT2D eigenvalue weighted by Gasteiger charge is 2.72. The molecule has 0 bridgehead atoms. The Kier molecular flexibility index (Phi) is 18.7. The molecule has 0 aromatic rings. The molecule has 0 spiro atoms. The van der Waals surface area contributed by atoms with Gasteiger partial charge in [0.2, 0.25) is 0 Å².